The van der Waals surface area contributed by atoms with Crippen molar-refractivity contribution in [3.05, 3.63) is 59.4 Å². The van der Waals surface area contributed by atoms with Crippen LogP contribution in [0.15, 0.2) is 48.1 Å². The van der Waals surface area contributed by atoms with Crippen molar-refractivity contribution in [1.29, 1.82) is 0 Å². The lowest BCUT2D eigenvalue weighted by Crippen LogP contribution is -2.36. The van der Waals surface area contributed by atoms with E-state index in [1.54, 1.807) is 11.1 Å². The van der Waals surface area contributed by atoms with Gasteiger partial charge < -0.3 is 9.80 Å². The fraction of sp³-hybridized carbons (Fsp3) is 0.333. The molecule has 162 valence electrons. The van der Waals surface area contributed by atoms with E-state index in [0.717, 1.165) is 23.0 Å². The number of amides is 1. The quantitative estimate of drug-likeness (QED) is 0.607. The van der Waals surface area contributed by atoms with E-state index in [1.807, 2.05) is 28.5 Å². The molecule has 0 bridgehead atoms. The third-order valence-electron chi connectivity index (χ3n) is 5.02. The van der Waals surface area contributed by atoms with E-state index >= 15 is 0 Å². The molecular weight excluding hydrogens is 427 g/mol. The van der Waals surface area contributed by atoms with Crippen LogP contribution in [0, 0.1) is 0 Å². The van der Waals surface area contributed by atoms with Crippen LogP contribution in [0.1, 0.15) is 17.7 Å². The topological polar surface area (TPSA) is 62.2 Å². The summed E-state index contributed by atoms with van der Waals surface area (Å²) in [5.74, 6) is 0.474. The van der Waals surface area contributed by atoms with E-state index in [4.69, 9.17) is 0 Å². The maximum atomic E-state index is 12.8. The van der Waals surface area contributed by atoms with Gasteiger partial charge in [0.1, 0.15) is 10.8 Å². The molecule has 0 saturated carbocycles. The fourth-order valence-corrected chi connectivity index (χ4v) is 4.19. The van der Waals surface area contributed by atoms with Gasteiger partial charge in [0.05, 0.1) is 23.4 Å². The SMILES string of the molecule is O=C(Cc1csc(-c2ccccn2)n1)N1CCCN(c2ccc(C(F)(F)F)cn2)CC1. The third kappa shape index (κ3) is 5.19. The molecule has 3 aromatic heterocycles. The molecule has 4 rings (SSSR count). The van der Waals surface area contributed by atoms with Crippen molar-refractivity contribution >= 4 is 23.1 Å². The van der Waals surface area contributed by atoms with E-state index in [1.165, 1.54) is 17.4 Å². The van der Waals surface area contributed by atoms with Gasteiger partial charge in [0.2, 0.25) is 5.91 Å². The predicted octanol–water partition coefficient (Wildman–Crippen LogP) is 3.90. The van der Waals surface area contributed by atoms with E-state index in [9.17, 15) is 18.0 Å². The number of hydrogen-bond donors (Lipinski definition) is 0. The number of nitrogens with zero attached hydrogens (tertiary/aromatic N) is 5. The molecule has 31 heavy (non-hydrogen) atoms. The van der Waals surface area contributed by atoms with E-state index < -0.39 is 11.7 Å². The summed E-state index contributed by atoms with van der Waals surface area (Å²) in [5, 5.41) is 2.65. The summed E-state index contributed by atoms with van der Waals surface area (Å²) >= 11 is 1.45. The van der Waals surface area contributed by atoms with Crippen LogP contribution < -0.4 is 4.90 Å². The van der Waals surface area contributed by atoms with Crippen molar-refractivity contribution in [3.63, 3.8) is 0 Å². The summed E-state index contributed by atoms with van der Waals surface area (Å²) in [5.41, 5.74) is 0.720. The lowest BCUT2D eigenvalue weighted by atomic mass is 10.2. The maximum absolute atomic E-state index is 12.8. The number of rotatable bonds is 4. The molecule has 0 atom stereocenters. The highest BCUT2D eigenvalue weighted by Gasteiger charge is 2.31. The molecule has 0 spiro atoms. The highest BCUT2D eigenvalue weighted by atomic mass is 32.1. The summed E-state index contributed by atoms with van der Waals surface area (Å²) in [6, 6.07) is 8.03. The number of anilines is 1. The van der Waals surface area contributed by atoms with Crippen molar-refractivity contribution in [3.8, 4) is 10.7 Å². The van der Waals surface area contributed by atoms with Crippen molar-refractivity contribution < 1.29 is 18.0 Å². The molecule has 0 radical (unpaired) electrons. The largest absolute Gasteiger partial charge is 0.417 e. The van der Waals surface area contributed by atoms with Crippen molar-refractivity contribution in [2.24, 2.45) is 0 Å². The summed E-state index contributed by atoms with van der Waals surface area (Å²) < 4.78 is 38.2. The molecule has 3 aromatic rings. The molecule has 4 heterocycles. The summed E-state index contributed by atoms with van der Waals surface area (Å²) in [4.78, 5) is 29.2. The second kappa shape index (κ2) is 9.01. The molecule has 1 aliphatic rings. The molecule has 10 heteroatoms. The van der Waals surface area contributed by atoms with Gasteiger partial charge in [-0.3, -0.25) is 9.78 Å². The highest BCUT2D eigenvalue weighted by molar-refractivity contribution is 7.13. The first kappa shape index (κ1) is 21.2. The standard InChI is InChI=1S/C21H20F3N5OS/c22-21(23,24)15-5-6-18(26-13-15)28-8-3-9-29(11-10-28)19(30)12-16-14-31-20(27-16)17-4-1-2-7-25-17/h1-2,4-7,13-14H,3,8-12H2. The van der Waals surface area contributed by atoms with Crippen molar-refractivity contribution in [1.82, 2.24) is 19.9 Å². The molecule has 0 N–H and O–H groups in total. The Bertz CT molecular complexity index is 1020. The second-order valence-electron chi connectivity index (χ2n) is 7.16. The summed E-state index contributed by atoms with van der Waals surface area (Å²) in [6.45, 7) is 2.22. The van der Waals surface area contributed by atoms with Gasteiger partial charge in [0.25, 0.3) is 0 Å². The van der Waals surface area contributed by atoms with E-state index in [2.05, 4.69) is 15.0 Å². The number of carbonyl (C=O) groups excluding carboxylic acids is 1. The molecule has 6 nitrogen and oxygen atoms in total. The van der Waals surface area contributed by atoms with Crippen molar-refractivity contribution in [2.45, 2.75) is 19.0 Å². The lowest BCUT2D eigenvalue weighted by molar-refractivity contribution is -0.137. The van der Waals surface area contributed by atoms with Crippen LogP contribution in [0.4, 0.5) is 19.0 Å². The minimum absolute atomic E-state index is 0.0138. The van der Waals surface area contributed by atoms with Gasteiger partial charge in [-0.15, -0.1) is 11.3 Å². The summed E-state index contributed by atoms with van der Waals surface area (Å²) in [7, 11) is 0. The van der Waals surface area contributed by atoms with Crippen LogP contribution in [0.2, 0.25) is 0 Å². The predicted molar refractivity (Wildman–Crippen MR) is 112 cm³/mol. The molecular formula is C21H20F3N5OS. The van der Waals surface area contributed by atoms with Crippen molar-refractivity contribution in [2.75, 3.05) is 31.1 Å². The van der Waals surface area contributed by atoms with Crippen LogP contribution in [-0.2, 0) is 17.4 Å². The number of carbonyl (C=O) groups is 1. The van der Waals surface area contributed by atoms with E-state index in [0.29, 0.717) is 44.1 Å². The Hall–Kier alpha value is -3.01. The average molecular weight is 447 g/mol. The van der Waals surface area contributed by atoms with Crippen LogP contribution in [0.25, 0.3) is 10.7 Å². The fourth-order valence-electron chi connectivity index (χ4n) is 3.40. The van der Waals surface area contributed by atoms with Crippen LogP contribution >= 0.6 is 11.3 Å². The average Bonchev–Trinajstić information content (AvgIpc) is 3.08. The Morgan fingerprint density at radius 3 is 2.65 bits per heavy atom. The molecule has 1 saturated heterocycles. The number of alkyl halides is 3. The molecule has 1 aliphatic heterocycles. The molecule has 0 unspecified atom stereocenters. The monoisotopic (exact) mass is 447 g/mol. The Morgan fingerprint density at radius 2 is 1.94 bits per heavy atom. The zero-order chi connectivity index (χ0) is 21.8. The Morgan fingerprint density at radius 1 is 1.06 bits per heavy atom. The number of hydrogen-bond acceptors (Lipinski definition) is 6. The van der Waals surface area contributed by atoms with Gasteiger partial charge in [-0.1, -0.05) is 6.07 Å². The Balaban J connectivity index is 1.35. The second-order valence-corrected chi connectivity index (χ2v) is 8.02. The number of aromatic nitrogens is 3. The summed E-state index contributed by atoms with van der Waals surface area (Å²) in [6.07, 6.45) is -0.924. The van der Waals surface area contributed by atoms with Gasteiger partial charge in [-0.2, -0.15) is 13.2 Å². The highest BCUT2D eigenvalue weighted by Crippen LogP contribution is 2.29. The van der Waals surface area contributed by atoms with Crippen LogP contribution in [0.3, 0.4) is 0 Å². The Labute approximate surface area is 181 Å². The zero-order valence-electron chi connectivity index (χ0n) is 16.5. The van der Waals surface area contributed by atoms with Gasteiger partial charge in [0, 0.05) is 44.0 Å². The first-order valence-electron chi connectivity index (χ1n) is 9.82. The number of pyridine rings is 2. The van der Waals surface area contributed by atoms with Crippen LogP contribution in [0.5, 0.6) is 0 Å². The molecule has 1 fully saturated rings. The van der Waals surface area contributed by atoms with Gasteiger partial charge in [0.15, 0.2) is 0 Å². The Kier molecular flexibility index (Phi) is 6.17. The smallest absolute Gasteiger partial charge is 0.355 e. The zero-order valence-corrected chi connectivity index (χ0v) is 17.4. The number of thiazole rings is 1. The molecule has 0 aliphatic carbocycles. The molecule has 0 aromatic carbocycles. The first-order valence-corrected chi connectivity index (χ1v) is 10.7. The van der Waals surface area contributed by atoms with Gasteiger partial charge in [-0.05, 0) is 30.7 Å². The lowest BCUT2D eigenvalue weighted by Gasteiger charge is -2.23. The minimum atomic E-state index is -4.40. The normalized spacial score (nSPS) is 15.1. The van der Waals surface area contributed by atoms with Crippen LogP contribution in [-0.4, -0.2) is 51.9 Å². The van der Waals surface area contributed by atoms with Gasteiger partial charge in [-0.25, -0.2) is 9.97 Å². The minimum Gasteiger partial charge on any atom is -0.355 e. The number of halogens is 3. The maximum Gasteiger partial charge on any atom is 0.417 e. The first-order chi connectivity index (χ1) is 14.9. The molecule has 1 amide bonds. The third-order valence-corrected chi connectivity index (χ3v) is 5.93. The van der Waals surface area contributed by atoms with Gasteiger partial charge >= 0.3 is 6.18 Å². The van der Waals surface area contributed by atoms with E-state index in [-0.39, 0.29) is 12.3 Å².